The van der Waals surface area contributed by atoms with Crippen LogP contribution in [0.2, 0.25) is 0 Å². The molecule has 0 N–H and O–H groups in total. The van der Waals surface area contributed by atoms with E-state index in [2.05, 4.69) is 76.2 Å². The van der Waals surface area contributed by atoms with Crippen molar-refractivity contribution in [2.45, 2.75) is 65.2 Å². The Morgan fingerprint density at radius 1 is 0.893 bits per heavy atom. The number of unbranched alkanes of at least 4 members (excludes halogenated alkanes) is 1. The number of hydrogen-bond acceptors (Lipinski definition) is 2. The van der Waals surface area contributed by atoms with Gasteiger partial charge in [0.25, 0.3) is 0 Å². The lowest BCUT2D eigenvalue weighted by Gasteiger charge is -2.25. The number of benzene rings is 3. The van der Waals surface area contributed by atoms with Gasteiger partial charge >= 0.3 is 5.97 Å². The summed E-state index contributed by atoms with van der Waals surface area (Å²) in [6, 6.07) is 18.0. The van der Waals surface area contributed by atoms with E-state index in [-0.39, 0.29) is 11.4 Å². The van der Waals surface area contributed by atoms with E-state index in [9.17, 15) is 4.79 Å². The standard InChI is InChI=1S/C26H32O2/c1-5-6-14-28-25(27)8-7-13-26(3,4)24-12-11-21-16-20-10-9-19(2)15-22(20)17-23(21)18-24/h9-12,15-18H,5-8,13-14H2,1-4H3. The SMILES string of the molecule is CCCCOC(=O)CCCC(C)(C)c1ccc2cc3ccc(C)cc3cc2c1. The van der Waals surface area contributed by atoms with Crippen LogP contribution in [0.5, 0.6) is 0 Å². The zero-order valence-electron chi connectivity index (χ0n) is 17.7. The molecular formula is C26H32O2. The van der Waals surface area contributed by atoms with Crippen molar-refractivity contribution >= 4 is 27.5 Å². The van der Waals surface area contributed by atoms with E-state index < -0.39 is 0 Å². The first kappa shape index (κ1) is 20.4. The first-order valence-electron chi connectivity index (χ1n) is 10.5. The van der Waals surface area contributed by atoms with E-state index in [0.29, 0.717) is 13.0 Å². The maximum Gasteiger partial charge on any atom is 0.305 e. The van der Waals surface area contributed by atoms with E-state index in [1.807, 2.05) is 0 Å². The van der Waals surface area contributed by atoms with Gasteiger partial charge in [-0.25, -0.2) is 0 Å². The highest BCUT2D eigenvalue weighted by atomic mass is 16.5. The topological polar surface area (TPSA) is 26.3 Å². The molecule has 0 atom stereocenters. The van der Waals surface area contributed by atoms with Crippen molar-refractivity contribution in [2.75, 3.05) is 6.61 Å². The van der Waals surface area contributed by atoms with Crippen LogP contribution in [0.1, 0.15) is 64.0 Å². The van der Waals surface area contributed by atoms with Crippen molar-refractivity contribution < 1.29 is 9.53 Å². The molecule has 0 aliphatic carbocycles. The molecule has 0 spiro atoms. The fraction of sp³-hybridized carbons (Fsp3) is 0.423. The Kier molecular flexibility index (Phi) is 6.39. The van der Waals surface area contributed by atoms with Crippen molar-refractivity contribution in [2.24, 2.45) is 0 Å². The van der Waals surface area contributed by atoms with E-state index in [0.717, 1.165) is 25.7 Å². The molecule has 0 amide bonds. The van der Waals surface area contributed by atoms with Gasteiger partial charge in [-0.2, -0.15) is 0 Å². The molecule has 0 fully saturated rings. The predicted octanol–water partition coefficient (Wildman–Crippen LogP) is 7.09. The highest BCUT2D eigenvalue weighted by Crippen LogP contribution is 2.33. The third kappa shape index (κ3) is 4.92. The van der Waals surface area contributed by atoms with Crippen LogP contribution < -0.4 is 0 Å². The molecule has 0 bridgehead atoms. The number of carbonyl (C=O) groups is 1. The van der Waals surface area contributed by atoms with Gasteiger partial charge < -0.3 is 4.74 Å². The summed E-state index contributed by atoms with van der Waals surface area (Å²) in [4.78, 5) is 11.8. The highest BCUT2D eigenvalue weighted by molar-refractivity contribution is 5.98. The minimum Gasteiger partial charge on any atom is -0.466 e. The van der Waals surface area contributed by atoms with Crippen LogP contribution in [0, 0.1) is 6.92 Å². The molecule has 2 heteroatoms. The first-order valence-corrected chi connectivity index (χ1v) is 10.5. The van der Waals surface area contributed by atoms with Gasteiger partial charge in [0.05, 0.1) is 6.61 Å². The van der Waals surface area contributed by atoms with Gasteiger partial charge in [0.2, 0.25) is 0 Å². The van der Waals surface area contributed by atoms with E-state index >= 15 is 0 Å². The van der Waals surface area contributed by atoms with Gasteiger partial charge in [-0.15, -0.1) is 0 Å². The lowest BCUT2D eigenvalue weighted by molar-refractivity contribution is -0.143. The summed E-state index contributed by atoms with van der Waals surface area (Å²) in [5, 5.41) is 5.13. The number of hydrogen-bond donors (Lipinski definition) is 0. The van der Waals surface area contributed by atoms with Crippen LogP contribution in [0.15, 0.2) is 48.5 Å². The third-order valence-electron chi connectivity index (χ3n) is 5.68. The lowest BCUT2D eigenvalue weighted by atomic mass is 9.79. The molecule has 0 heterocycles. The van der Waals surface area contributed by atoms with Crippen molar-refractivity contribution in [3.8, 4) is 0 Å². The first-order chi connectivity index (χ1) is 13.4. The van der Waals surface area contributed by atoms with Crippen LogP contribution in [-0.2, 0) is 14.9 Å². The molecular weight excluding hydrogens is 344 g/mol. The molecule has 0 saturated heterocycles. The smallest absolute Gasteiger partial charge is 0.305 e. The second-order valence-corrected chi connectivity index (χ2v) is 8.58. The van der Waals surface area contributed by atoms with Crippen molar-refractivity contribution in [1.29, 1.82) is 0 Å². The molecule has 3 rings (SSSR count). The van der Waals surface area contributed by atoms with E-state index in [1.54, 1.807) is 0 Å². The van der Waals surface area contributed by atoms with Crippen molar-refractivity contribution in [3.63, 3.8) is 0 Å². The molecule has 3 aromatic rings. The Labute approximate surface area is 168 Å². The zero-order valence-corrected chi connectivity index (χ0v) is 17.7. The molecule has 3 aromatic carbocycles. The molecule has 0 radical (unpaired) electrons. The fourth-order valence-corrected chi connectivity index (χ4v) is 3.76. The summed E-state index contributed by atoms with van der Waals surface area (Å²) in [6.07, 6.45) is 4.32. The van der Waals surface area contributed by atoms with E-state index in [4.69, 9.17) is 4.74 Å². The second kappa shape index (κ2) is 8.77. The zero-order chi connectivity index (χ0) is 20.1. The average molecular weight is 377 g/mol. The molecule has 28 heavy (non-hydrogen) atoms. The average Bonchev–Trinajstić information content (AvgIpc) is 2.66. The summed E-state index contributed by atoms with van der Waals surface area (Å²) in [5.41, 5.74) is 2.64. The molecule has 148 valence electrons. The molecule has 0 aliphatic heterocycles. The Balaban J connectivity index is 1.72. The number of fused-ring (bicyclic) bond motifs is 2. The summed E-state index contributed by atoms with van der Waals surface area (Å²) in [7, 11) is 0. The molecule has 0 saturated carbocycles. The molecule has 0 aliphatic rings. The van der Waals surface area contributed by atoms with Crippen LogP contribution in [-0.4, -0.2) is 12.6 Å². The summed E-state index contributed by atoms with van der Waals surface area (Å²) in [6.45, 7) is 9.32. The summed E-state index contributed by atoms with van der Waals surface area (Å²) < 4.78 is 5.27. The van der Waals surface area contributed by atoms with Gasteiger partial charge in [-0.05, 0) is 70.8 Å². The van der Waals surface area contributed by atoms with Gasteiger partial charge in [-0.1, -0.05) is 69.2 Å². The molecule has 2 nitrogen and oxygen atoms in total. The number of aryl methyl sites for hydroxylation is 1. The Hall–Kier alpha value is -2.35. The van der Waals surface area contributed by atoms with Crippen LogP contribution in [0.25, 0.3) is 21.5 Å². The van der Waals surface area contributed by atoms with Crippen LogP contribution in [0.3, 0.4) is 0 Å². The lowest BCUT2D eigenvalue weighted by Crippen LogP contribution is -2.18. The van der Waals surface area contributed by atoms with Crippen molar-refractivity contribution in [3.05, 3.63) is 59.7 Å². The Morgan fingerprint density at radius 3 is 2.32 bits per heavy atom. The van der Waals surface area contributed by atoms with Crippen LogP contribution >= 0.6 is 0 Å². The number of ether oxygens (including phenoxy) is 1. The Morgan fingerprint density at radius 2 is 1.57 bits per heavy atom. The molecule has 0 aromatic heterocycles. The van der Waals surface area contributed by atoms with Gasteiger partial charge in [0, 0.05) is 6.42 Å². The minimum atomic E-state index is -0.0652. The third-order valence-corrected chi connectivity index (χ3v) is 5.68. The summed E-state index contributed by atoms with van der Waals surface area (Å²) in [5.74, 6) is -0.0652. The maximum absolute atomic E-state index is 11.8. The normalized spacial score (nSPS) is 11.9. The van der Waals surface area contributed by atoms with Gasteiger partial charge in [0.1, 0.15) is 0 Å². The van der Waals surface area contributed by atoms with E-state index in [1.165, 1.54) is 32.7 Å². The fourth-order valence-electron chi connectivity index (χ4n) is 3.76. The number of rotatable bonds is 8. The monoisotopic (exact) mass is 376 g/mol. The minimum absolute atomic E-state index is 0.0272. The van der Waals surface area contributed by atoms with Crippen molar-refractivity contribution in [1.82, 2.24) is 0 Å². The number of carbonyl (C=O) groups excluding carboxylic acids is 1. The number of esters is 1. The molecule has 0 unspecified atom stereocenters. The predicted molar refractivity (Wildman–Crippen MR) is 119 cm³/mol. The van der Waals surface area contributed by atoms with Crippen LogP contribution in [0.4, 0.5) is 0 Å². The maximum atomic E-state index is 11.8. The van der Waals surface area contributed by atoms with Gasteiger partial charge in [0.15, 0.2) is 0 Å². The Bertz CT molecular complexity index is 969. The summed E-state index contributed by atoms with van der Waals surface area (Å²) >= 11 is 0. The second-order valence-electron chi connectivity index (χ2n) is 8.58. The van der Waals surface area contributed by atoms with Gasteiger partial charge in [-0.3, -0.25) is 4.79 Å². The largest absolute Gasteiger partial charge is 0.466 e. The highest BCUT2D eigenvalue weighted by Gasteiger charge is 2.21. The quantitative estimate of drug-likeness (QED) is 0.238.